The maximum Gasteiger partial charge on any atom is 0.420 e. The summed E-state index contributed by atoms with van der Waals surface area (Å²) in [5.74, 6) is 0.598. The standard InChI is InChI=1S/C27H30N4O3/c1-18-28-23-10-9-19(16-25(23)31(18)26(32)34-27(2,3)4)24-15-20(17-30-11-13-33-14-12-30)21-7-5-6-8-22(21)29-24/h5-10,15-16H,11-14,17H2,1-4H3. The number of pyridine rings is 1. The molecule has 34 heavy (non-hydrogen) atoms. The number of aromatic nitrogens is 3. The van der Waals surface area contributed by atoms with E-state index in [1.54, 1.807) is 4.57 Å². The quantitative estimate of drug-likeness (QED) is 0.422. The Hall–Kier alpha value is -3.29. The van der Waals surface area contributed by atoms with Crippen molar-refractivity contribution in [2.75, 3.05) is 26.3 Å². The second-order valence-corrected chi connectivity index (χ2v) is 9.75. The summed E-state index contributed by atoms with van der Waals surface area (Å²) in [4.78, 5) is 24.9. The van der Waals surface area contributed by atoms with Gasteiger partial charge in [0.25, 0.3) is 0 Å². The summed E-state index contributed by atoms with van der Waals surface area (Å²) in [7, 11) is 0. The Bertz CT molecular complexity index is 1360. The highest BCUT2D eigenvalue weighted by molar-refractivity contribution is 5.91. The number of imidazole rings is 1. The molecular weight excluding hydrogens is 428 g/mol. The minimum Gasteiger partial charge on any atom is -0.443 e. The Morgan fingerprint density at radius 2 is 1.79 bits per heavy atom. The number of benzene rings is 2. The summed E-state index contributed by atoms with van der Waals surface area (Å²) in [6, 6.07) is 16.4. The van der Waals surface area contributed by atoms with Gasteiger partial charge in [0, 0.05) is 30.6 Å². The van der Waals surface area contributed by atoms with E-state index in [9.17, 15) is 4.79 Å². The van der Waals surface area contributed by atoms with E-state index in [1.165, 1.54) is 5.56 Å². The van der Waals surface area contributed by atoms with E-state index in [0.717, 1.165) is 60.5 Å². The van der Waals surface area contributed by atoms with E-state index >= 15 is 0 Å². The van der Waals surface area contributed by atoms with E-state index in [-0.39, 0.29) is 0 Å². The zero-order chi connectivity index (χ0) is 23.9. The zero-order valence-corrected chi connectivity index (χ0v) is 20.2. The fourth-order valence-corrected chi connectivity index (χ4v) is 4.42. The molecule has 7 nitrogen and oxygen atoms in total. The number of hydrogen-bond donors (Lipinski definition) is 0. The van der Waals surface area contributed by atoms with Gasteiger partial charge in [-0.05, 0) is 57.5 Å². The molecule has 5 rings (SSSR count). The first-order valence-corrected chi connectivity index (χ1v) is 11.7. The van der Waals surface area contributed by atoms with Crippen molar-refractivity contribution < 1.29 is 14.3 Å². The van der Waals surface area contributed by atoms with Crippen LogP contribution >= 0.6 is 0 Å². The van der Waals surface area contributed by atoms with Crippen LogP contribution in [0.2, 0.25) is 0 Å². The van der Waals surface area contributed by atoms with Crippen molar-refractivity contribution in [1.82, 2.24) is 19.4 Å². The highest BCUT2D eigenvalue weighted by atomic mass is 16.6. The highest BCUT2D eigenvalue weighted by Gasteiger charge is 2.22. The molecule has 0 spiro atoms. The second-order valence-electron chi connectivity index (χ2n) is 9.75. The summed E-state index contributed by atoms with van der Waals surface area (Å²) in [5.41, 5.74) is 4.88. The number of morpholine rings is 1. The molecule has 1 aliphatic heterocycles. The van der Waals surface area contributed by atoms with Gasteiger partial charge in [-0.3, -0.25) is 4.90 Å². The zero-order valence-electron chi connectivity index (χ0n) is 20.2. The van der Waals surface area contributed by atoms with E-state index in [1.807, 2.05) is 52.0 Å². The monoisotopic (exact) mass is 458 g/mol. The molecule has 2 aromatic carbocycles. The number of aryl methyl sites for hydroxylation is 1. The fourth-order valence-electron chi connectivity index (χ4n) is 4.42. The molecule has 0 amide bonds. The van der Waals surface area contributed by atoms with Crippen LogP contribution in [-0.2, 0) is 16.0 Å². The normalized spacial score (nSPS) is 15.2. The minimum absolute atomic E-state index is 0.427. The van der Waals surface area contributed by atoms with Crippen molar-refractivity contribution in [2.45, 2.75) is 39.8 Å². The predicted octanol–water partition coefficient (Wildman–Crippen LogP) is 5.18. The van der Waals surface area contributed by atoms with Crippen molar-refractivity contribution >= 4 is 28.0 Å². The van der Waals surface area contributed by atoms with Crippen molar-refractivity contribution in [1.29, 1.82) is 0 Å². The Morgan fingerprint density at radius 3 is 2.56 bits per heavy atom. The molecule has 0 bridgehead atoms. The molecule has 4 aromatic rings. The molecule has 7 heteroatoms. The molecule has 0 unspecified atom stereocenters. The van der Waals surface area contributed by atoms with Crippen LogP contribution < -0.4 is 0 Å². The molecule has 1 aliphatic rings. The number of fused-ring (bicyclic) bond motifs is 2. The Kier molecular flexibility index (Phi) is 5.83. The van der Waals surface area contributed by atoms with Crippen molar-refractivity contribution in [3.8, 4) is 11.3 Å². The van der Waals surface area contributed by atoms with Gasteiger partial charge in [0.2, 0.25) is 0 Å². The molecule has 2 aromatic heterocycles. The van der Waals surface area contributed by atoms with Gasteiger partial charge in [0.15, 0.2) is 0 Å². The maximum atomic E-state index is 12.9. The highest BCUT2D eigenvalue weighted by Crippen LogP contribution is 2.29. The van der Waals surface area contributed by atoms with Crippen LogP contribution in [0.5, 0.6) is 0 Å². The van der Waals surface area contributed by atoms with Gasteiger partial charge in [-0.2, -0.15) is 0 Å². The second kappa shape index (κ2) is 8.81. The minimum atomic E-state index is -0.591. The lowest BCUT2D eigenvalue weighted by Gasteiger charge is -2.27. The van der Waals surface area contributed by atoms with E-state index in [2.05, 4.69) is 34.1 Å². The first kappa shape index (κ1) is 22.5. The SMILES string of the molecule is Cc1nc2ccc(-c3cc(CN4CCOCC4)c4ccccc4n3)cc2n1C(=O)OC(C)(C)C. The number of hydrogen-bond acceptors (Lipinski definition) is 6. The van der Waals surface area contributed by atoms with Gasteiger partial charge in [0.05, 0.1) is 35.5 Å². The van der Waals surface area contributed by atoms with E-state index < -0.39 is 11.7 Å². The number of ether oxygens (including phenoxy) is 2. The summed E-state index contributed by atoms with van der Waals surface area (Å²) >= 11 is 0. The third-order valence-corrected chi connectivity index (χ3v) is 5.99. The summed E-state index contributed by atoms with van der Waals surface area (Å²) in [6.07, 6.45) is -0.427. The molecular formula is C27H30N4O3. The lowest BCUT2D eigenvalue weighted by molar-refractivity contribution is 0.0343. The smallest absolute Gasteiger partial charge is 0.420 e. The van der Waals surface area contributed by atoms with Gasteiger partial charge in [-0.25, -0.2) is 19.3 Å². The Morgan fingerprint density at radius 1 is 1.03 bits per heavy atom. The van der Waals surface area contributed by atoms with Crippen LogP contribution in [-0.4, -0.2) is 57.4 Å². The van der Waals surface area contributed by atoms with Crippen molar-refractivity contribution in [2.24, 2.45) is 0 Å². The van der Waals surface area contributed by atoms with Crippen molar-refractivity contribution in [3.63, 3.8) is 0 Å². The first-order valence-electron chi connectivity index (χ1n) is 11.7. The molecule has 0 N–H and O–H groups in total. The Labute approximate surface area is 199 Å². The van der Waals surface area contributed by atoms with Gasteiger partial charge in [-0.1, -0.05) is 24.3 Å². The first-order chi connectivity index (χ1) is 16.3. The summed E-state index contributed by atoms with van der Waals surface area (Å²) in [5, 5.41) is 1.16. The number of carbonyl (C=O) groups excluding carboxylic acids is 1. The third-order valence-electron chi connectivity index (χ3n) is 5.99. The number of rotatable bonds is 3. The lowest BCUT2D eigenvalue weighted by Crippen LogP contribution is -2.35. The van der Waals surface area contributed by atoms with Crippen LogP contribution in [0, 0.1) is 6.92 Å². The predicted molar refractivity (Wildman–Crippen MR) is 133 cm³/mol. The summed E-state index contributed by atoms with van der Waals surface area (Å²) in [6.45, 7) is 11.6. The van der Waals surface area contributed by atoms with Crippen molar-refractivity contribution in [3.05, 3.63) is 59.9 Å². The van der Waals surface area contributed by atoms with Crippen LogP contribution in [0.1, 0.15) is 32.2 Å². The average molecular weight is 459 g/mol. The van der Waals surface area contributed by atoms with Gasteiger partial charge >= 0.3 is 6.09 Å². The largest absolute Gasteiger partial charge is 0.443 e. The molecule has 3 heterocycles. The maximum absolute atomic E-state index is 12.9. The van der Waals surface area contributed by atoms with Gasteiger partial charge in [0.1, 0.15) is 11.4 Å². The van der Waals surface area contributed by atoms with E-state index in [0.29, 0.717) is 11.3 Å². The summed E-state index contributed by atoms with van der Waals surface area (Å²) < 4.78 is 12.7. The molecule has 0 radical (unpaired) electrons. The molecule has 176 valence electrons. The van der Waals surface area contributed by atoms with Crippen LogP contribution in [0.15, 0.2) is 48.5 Å². The topological polar surface area (TPSA) is 69.5 Å². The third kappa shape index (κ3) is 4.54. The van der Waals surface area contributed by atoms with Crippen LogP contribution in [0.4, 0.5) is 4.79 Å². The lowest BCUT2D eigenvalue weighted by atomic mass is 10.0. The number of para-hydroxylation sites is 1. The number of carbonyl (C=O) groups is 1. The molecule has 1 fully saturated rings. The van der Waals surface area contributed by atoms with Crippen LogP contribution in [0.3, 0.4) is 0 Å². The molecule has 0 atom stereocenters. The molecule has 1 saturated heterocycles. The average Bonchev–Trinajstić information content (AvgIpc) is 3.13. The fraction of sp³-hybridized carbons (Fsp3) is 0.370. The molecule has 0 aliphatic carbocycles. The van der Waals surface area contributed by atoms with Gasteiger partial charge < -0.3 is 9.47 Å². The van der Waals surface area contributed by atoms with E-state index in [4.69, 9.17) is 14.5 Å². The number of nitrogens with zero attached hydrogens (tertiary/aromatic N) is 4. The van der Waals surface area contributed by atoms with Gasteiger partial charge in [-0.15, -0.1) is 0 Å². The molecule has 0 saturated carbocycles. The van der Waals surface area contributed by atoms with Crippen LogP contribution in [0.25, 0.3) is 33.2 Å². The Balaban J connectivity index is 1.59.